The molecule has 2 aromatic carbocycles. The molecule has 0 radical (unpaired) electrons. The number of aryl methyl sites for hydroxylation is 1. The van der Waals surface area contributed by atoms with E-state index in [2.05, 4.69) is 46.4 Å². The molecule has 5 nitrogen and oxygen atoms in total. The zero-order chi connectivity index (χ0) is 27.7. The van der Waals surface area contributed by atoms with Crippen molar-refractivity contribution in [1.29, 1.82) is 0 Å². The van der Waals surface area contributed by atoms with Crippen LogP contribution < -0.4 is 4.74 Å². The molecule has 0 amide bonds. The molecule has 0 fully saturated rings. The lowest BCUT2D eigenvalue weighted by atomic mass is 9.92. The first kappa shape index (κ1) is 28.6. The van der Waals surface area contributed by atoms with Crippen LogP contribution >= 0.6 is 0 Å². The average molecular weight is 517 g/mol. The van der Waals surface area contributed by atoms with Crippen LogP contribution in [-0.2, 0) is 29.8 Å². The van der Waals surface area contributed by atoms with Crippen molar-refractivity contribution in [3.63, 3.8) is 0 Å². The molecule has 1 N–H and O–H groups in total. The number of hydrogen-bond donors (Lipinski definition) is 1. The first-order valence-corrected chi connectivity index (χ1v) is 12.9. The molecule has 1 heterocycles. The van der Waals surface area contributed by atoms with Gasteiger partial charge in [-0.15, -0.1) is 0 Å². The lowest BCUT2D eigenvalue weighted by molar-refractivity contribution is -0.136. The number of halogens is 1. The van der Waals surface area contributed by atoms with Gasteiger partial charge >= 0.3 is 5.97 Å². The topological polar surface area (TPSA) is 64.4 Å². The molecule has 1 aromatic heterocycles. The minimum absolute atomic E-state index is 0.0821. The Morgan fingerprint density at radius 2 is 1.82 bits per heavy atom. The summed E-state index contributed by atoms with van der Waals surface area (Å²) < 4.78 is 22.0. The Hall–Kier alpha value is -3.93. The van der Waals surface area contributed by atoms with Gasteiger partial charge < -0.3 is 9.84 Å². The lowest BCUT2D eigenvalue weighted by Gasteiger charge is -2.14. The van der Waals surface area contributed by atoms with E-state index < -0.39 is 11.8 Å². The second-order valence-electron chi connectivity index (χ2n) is 10.3. The van der Waals surface area contributed by atoms with Gasteiger partial charge in [-0.3, -0.25) is 9.48 Å². The Balaban J connectivity index is 1.68. The van der Waals surface area contributed by atoms with E-state index >= 15 is 0 Å². The minimum atomic E-state index is -0.951. The summed E-state index contributed by atoms with van der Waals surface area (Å²) in [5.74, 6) is -1.00. The standard InChI is InChI=1S/C32H37FN2O3/c1-6-7-8-9-10-23(2)29-20-30(32(3,4)5)34-35(29)21-24-11-13-25(14-12-24)22-38-27-17-15-26(28(33)19-27)16-18-31(36)37/h7-15,17,19-20H,2,6,16,18,21-22H2,1,3-5H3,(H,36,37)/b8-7-,10-9-. The summed E-state index contributed by atoms with van der Waals surface area (Å²) in [6.07, 6.45) is 9.17. The second kappa shape index (κ2) is 13.0. The second-order valence-corrected chi connectivity index (χ2v) is 10.3. The third-order valence-electron chi connectivity index (χ3n) is 6.05. The molecule has 0 spiro atoms. The lowest BCUT2D eigenvalue weighted by Crippen LogP contribution is -2.13. The molecule has 38 heavy (non-hydrogen) atoms. The first-order chi connectivity index (χ1) is 18.1. The molecule has 3 rings (SSSR count). The fraction of sp³-hybridized carbons (Fsp3) is 0.312. The maximum absolute atomic E-state index is 14.3. The highest BCUT2D eigenvalue weighted by molar-refractivity contribution is 5.70. The molecular formula is C32H37FN2O3. The Bertz CT molecular complexity index is 1310. The number of aromatic nitrogens is 2. The number of benzene rings is 2. The molecule has 0 atom stereocenters. The highest BCUT2D eigenvalue weighted by atomic mass is 19.1. The van der Waals surface area contributed by atoms with E-state index in [0.717, 1.165) is 34.5 Å². The van der Waals surface area contributed by atoms with E-state index in [0.29, 0.717) is 24.5 Å². The molecule has 0 aliphatic rings. The maximum atomic E-state index is 14.3. The van der Waals surface area contributed by atoms with E-state index in [1.807, 2.05) is 47.2 Å². The Kier molecular flexibility index (Phi) is 9.83. The summed E-state index contributed by atoms with van der Waals surface area (Å²) in [6, 6.07) is 14.7. The van der Waals surface area contributed by atoms with Gasteiger partial charge in [0.15, 0.2) is 0 Å². The molecule has 3 aromatic rings. The van der Waals surface area contributed by atoms with E-state index in [4.69, 9.17) is 14.9 Å². The van der Waals surface area contributed by atoms with Crippen molar-refractivity contribution in [2.24, 2.45) is 0 Å². The maximum Gasteiger partial charge on any atom is 0.303 e. The van der Waals surface area contributed by atoms with E-state index in [9.17, 15) is 9.18 Å². The first-order valence-electron chi connectivity index (χ1n) is 12.9. The largest absolute Gasteiger partial charge is 0.489 e. The van der Waals surface area contributed by atoms with Crippen molar-refractivity contribution in [3.05, 3.63) is 113 Å². The third-order valence-corrected chi connectivity index (χ3v) is 6.05. The Labute approximate surface area is 225 Å². The van der Waals surface area contributed by atoms with Crippen molar-refractivity contribution in [3.8, 4) is 5.75 Å². The normalized spacial score (nSPS) is 11.9. The summed E-state index contributed by atoms with van der Waals surface area (Å²) in [7, 11) is 0. The number of ether oxygens (including phenoxy) is 1. The molecule has 0 saturated heterocycles. The van der Waals surface area contributed by atoms with Crippen molar-refractivity contribution in [2.75, 3.05) is 0 Å². The summed E-state index contributed by atoms with van der Waals surface area (Å²) in [5, 5.41) is 13.7. The van der Waals surface area contributed by atoms with Gasteiger partial charge in [-0.2, -0.15) is 5.10 Å². The molecule has 200 valence electrons. The van der Waals surface area contributed by atoms with Crippen molar-refractivity contribution >= 4 is 11.5 Å². The highest BCUT2D eigenvalue weighted by Gasteiger charge is 2.20. The molecule has 0 aliphatic heterocycles. The average Bonchev–Trinajstić information content (AvgIpc) is 3.30. The highest BCUT2D eigenvalue weighted by Crippen LogP contribution is 2.26. The molecule has 0 aliphatic carbocycles. The molecule has 0 saturated carbocycles. The van der Waals surface area contributed by atoms with Crippen LogP contribution in [0, 0.1) is 5.82 Å². The quantitative estimate of drug-likeness (QED) is 0.253. The molecule has 6 heteroatoms. The number of hydrogen-bond acceptors (Lipinski definition) is 3. The summed E-state index contributed by atoms with van der Waals surface area (Å²) in [4.78, 5) is 10.7. The van der Waals surface area contributed by atoms with Crippen LogP contribution in [0.5, 0.6) is 5.75 Å². The predicted molar refractivity (Wildman–Crippen MR) is 151 cm³/mol. The number of allylic oxidation sites excluding steroid dienone is 5. The Morgan fingerprint density at radius 1 is 1.11 bits per heavy atom. The van der Waals surface area contributed by atoms with Gasteiger partial charge in [0.1, 0.15) is 18.2 Å². The van der Waals surface area contributed by atoms with Gasteiger partial charge in [0, 0.05) is 17.9 Å². The zero-order valence-electron chi connectivity index (χ0n) is 22.7. The van der Waals surface area contributed by atoms with Crippen LogP contribution in [0.2, 0.25) is 0 Å². The fourth-order valence-electron chi connectivity index (χ4n) is 3.78. The molecule has 0 bridgehead atoms. The monoisotopic (exact) mass is 516 g/mol. The molecular weight excluding hydrogens is 479 g/mol. The third kappa shape index (κ3) is 8.30. The van der Waals surface area contributed by atoms with Crippen LogP contribution in [0.25, 0.3) is 5.57 Å². The van der Waals surface area contributed by atoms with Gasteiger partial charge in [-0.1, -0.05) is 88.9 Å². The predicted octanol–water partition coefficient (Wildman–Crippen LogP) is 7.50. The van der Waals surface area contributed by atoms with Gasteiger partial charge in [-0.05, 0) is 47.2 Å². The smallest absolute Gasteiger partial charge is 0.303 e. The number of carboxylic acids is 1. The van der Waals surface area contributed by atoms with Gasteiger partial charge in [0.25, 0.3) is 0 Å². The van der Waals surface area contributed by atoms with Crippen LogP contribution in [-0.4, -0.2) is 20.9 Å². The number of aliphatic carboxylic acids is 1. The van der Waals surface area contributed by atoms with Crippen molar-refractivity contribution in [2.45, 2.75) is 65.5 Å². The van der Waals surface area contributed by atoms with Crippen LogP contribution in [0.15, 0.2) is 79.4 Å². The number of nitrogens with zero attached hydrogens (tertiary/aromatic N) is 2. The summed E-state index contributed by atoms with van der Waals surface area (Å²) >= 11 is 0. The van der Waals surface area contributed by atoms with Crippen LogP contribution in [0.4, 0.5) is 4.39 Å². The zero-order valence-corrected chi connectivity index (χ0v) is 22.7. The summed E-state index contributed by atoms with van der Waals surface area (Å²) in [5.41, 5.74) is 5.23. The molecule has 0 unspecified atom stereocenters. The SMILES string of the molecule is C=C(/C=C\C=C/CC)c1cc(C(C)(C)C)nn1Cc1ccc(COc2ccc(CCC(=O)O)c(F)c2)cc1. The summed E-state index contributed by atoms with van der Waals surface area (Å²) in [6.45, 7) is 13.7. The van der Waals surface area contributed by atoms with E-state index in [-0.39, 0.29) is 18.3 Å². The van der Waals surface area contributed by atoms with E-state index in [1.54, 1.807) is 12.1 Å². The van der Waals surface area contributed by atoms with Gasteiger partial charge in [-0.25, -0.2) is 4.39 Å². The number of rotatable bonds is 12. The van der Waals surface area contributed by atoms with Gasteiger partial charge in [0.05, 0.1) is 17.9 Å². The van der Waals surface area contributed by atoms with Crippen molar-refractivity contribution in [1.82, 2.24) is 9.78 Å². The van der Waals surface area contributed by atoms with Crippen LogP contribution in [0.3, 0.4) is 0 Å². The van der Waals surface area contributed by atoms with Crippen LogP contribution in [0.1, 0.15) is 68.6 Å². The number of carboxylic acid groups (broad SMARTS) is 1. The van der Waals surface area contributed by atoms with Gasteiger partial charge in [0.2, 0.25) is 0 Å². The number of carbonyl (C=O) groups is 1. The minimum Gasteiger partial charge on any atom is -0.489 e. The fourth-order valence-corrected chi connectivity index (χ4v) is 3.78. The van der Waals surface area contributed by atoms with E-state index in [1.165, 1.54) is 6.07 Å². The Morgan fingerprint density at radius 3 is 2.45 bits per heavy atom. The van der Waals surface area contributed by atoms with Crippen molar-refractivity contribution < 1.29 is 19.0 Å².